The molecule has 0 radical (unpaired) electrons. The summed E-state index contributed by atoms with van der Waals surface area (Å²) in [5.74, 6) is -0.934. The highest BCUT2D eigenvalue weighted by atomic mass is 79.9. The molecule has 0 aromatic heterocycles. The van der Waals surface area contributed by atoms with E-state index in [1.807, 2.05) is 0 Å². The van der Waals surface area contributed by atoms with E-state index in [4.69, 9.17) is 0 Å². The van der Waals surface area contributed by atoms with Crippen LogP contribution in [0.15, 0.2) is 51.8 Å². The smallest absolute Gasteiger partial charge is 0.255 e. The maximum atomic E-state index is 13.2. The highest BCUT2D eigenvalue weighted by molar-refractivity contribution is 9.10. The number of amides is 1. The minimum absolute atomic E-state index is 0.00383. The highest BCUT2D eigenvalue weighted by Gasteiger charge is 2.17. The predicted molar refractivity (Wildman–Crippen MR) is 94.0 cm³/mol. The molecule has 5 nitrogen and oxygen atoms in total. The van der Waals surface area contributed by atoms with E-state index >= 15 is 0 Å². The van der Waals surface area contributed by atoms with Crippen molar-refractivity contribution in [3.8, 4) is 0 Å². The number of halogens is 2. The first-order valence-corrected chi connectivity index (χ1v) is 9.35. The van der Waals surface area contributed by atoms with Crippen LogP contribution in [-0.4, -0.2) is 20.4 Å². The molecule has 2 aromatic carbocycles. The molecule has 0 saturated heterocycles. The Morgan fingerprint density at radius 2 is 1.88 bits per heavy atom. The summed E-state index contributed by atoms with van der Waals surface area (Å²) in [6.07, 6.45) is 0. The molecular formula is C16H16BrFN2O3S. The summed E-state index contributed by atoms with van der Waals surface area (Å²) in [5, 5.41) is 2.59. The van der Waals surface area contributed by atoms with Gasteiger partial charge < -0.3 is 5.32 Å². The largest absolute Gasteiger partial charge is 0.322 e. The predicted octanol–water partition coefficient (Wildman–Crippen LogP) is 3.53. The van der Waals surface area contributed by atoms with Crippen LogP contribution in [0.25, 0.3) is 0 Å². The Kier molecular flexibility index (Phi) is 5.74. The van der Waals surface area contributed by atoms with Crippen LogP contribution in [0, 0.1) is 5.82 Å². The SMILES string of the molecule is CC(C)NS(=O)(=O)c1cccc(C(=O)Nc2ccc(F)c(Br)c2)c1. The molecule has 0 heterocycles. The van der Waals surface area contributed by atoms with Gasteiger partial charge in [-0.2, -0.15) is 0 Å². The zero-order valence-corrected chi connectivity index (χ0v) is 15.4. The summed E-state index contributed by atoms with van der Waals surface area (Å²) in [7, 11) is -3.69. The summed E-state index contributed by atoms with van der Waals surface area (Å²) in [6.45, 7) is 3.42. The molecule has 2 N–H and O–H groups in total. The van der Waals surface area contributed by atoms with Gasteiger partial charge in [-0.05, 0) is 66.2 Å². The number of hydrogen-bond acceptors (Lipinski definition) is 3. The monoisotopic (exact) mass is 414 g/mol. The number of anilines is 1. The van der Waals surface area contributed by atoms with Gasteiger partial charge in [-0.25, -0.2) is 17.5 Å². The Morgan fingerprint density at radius 3 is 2.50 bits per heavy atom. The van der Waals surface area contributed by atoms with Gasteiger partial charge >= 0.3 is 0 Å². The molecule has 0 fully saturated rings. The lowest BCUT2D eigenvalue weighted by Crippen LogP contribution is -2.30. The second-order valence-electron chi connectivity index (χ2n) is 5.39. The third kappa shape index (κ3) is 4.62. The van der Waals surface area contributed by atoms with Crippen molar-refractivity contribution in [2.75, 3.05) is 5.32 Å². The van der Waals surface area contributed by atoms with E-state index in [1.54, 1.807) is 13.8 Å². The zero-order valence-electron chi connectivity index (χ0n) is 13.0. The molecular weight excluding hydrogens is 399 g/mol. The Bertz CT molecular complexity index is 869. The maximum Gasteiger partial charge on any atom is 0.255 e. The minimum atomic E-state index is -3.69. The first-order chi connectivity index (χ1) is 11.2. The molecule has 0 spiro atoms. The molecule has 8 heteroatoms. The molecule has 24 heavy (non-hydrogen) atoms. The molecule has 0 bridgehead atoms. The van der Waals surface area contributed by atoms with Crippen LogP contribution in [-0.2, 0) is 10.0 Å². The summed E-state index contributed by atoms with van der Waals surface area (Å²) < 4.78 is 40.2. The highest BCUT2D eigenvalue weighted by Crippen LogP contribution is 2.21. The van der Waals surface area contributed by atoms with Gasteiger partial charge in [0, 0.05) is 17.3 Å². The van der Waals surface area contributed by atoms with Crippen LogP contribution in [0.3, 0.4) is 0 Å². The number of benzene rings is 2. The van der Waals surface area contributed by atoms with Crippen molar-refractivity contribution in [1.82, 2.24) is 4.72 Å². The second-order valence-corrected chi connectivity index (χ2v) is 7.96. The number of rotatable bonds is 5. The van der Waals surface area contributed by atoms with Gasteiger partial charge in [0.1, 0.15) is 5.82 Å². The van der Waals surface area contributed by atoms with Gasteiger partial charge in [-0.15, -0.1) is 0 Å². The van der Waals surface area contributed by atoms with E-state index in [9.17, 15) is 17.6 Å². The average Bonchev–Trinajstić information content (AvgIpc) is 2.50. The first-order valence-electron chi connectivity index (χ1n) is 7.08. The van der Waals surface area contributed by atoms with Crippen molar-refractivity contribution in [1.29, 1.82) is 0 Å². The lowest BCUT2D eigenvalue weighted by Gasteiger charge is -2.11. The molecule has 2 aromatic rings. The van der Waals surface area contributed by atoms with E-state index in [2.05, 4.69) is 26.0 Å². The number of nitrogens with one attached hydrogen (secondary N) is 2. The zero-order chi connectivity index (χ0) is 17.9. The summed E-state index contributed by atoms with van der Waals surface area (Å²) in [6, 6.07) is 9.49. The van der Waals surface area contributed by atoms with Crippen molar-refractivity contribution in [2.24, 2.45) is 0 Å². The van der Waals surface area contributed by atoms with E-state index in [0.717, 1.165) is 0 Å². The van der Waals surface area contributed by atoms with Crippen LogP contribution >= 0.6 is 15.9 Å². The molecule has 0 unspecified atom stereocenters. The Morgan fingerprint density at radius 1 is 1.17 bits per heavy atom. The van der Waals surface area contributed by atoms with Crippen LogP contribution in [0.5, 0.6) is 0 Å². The topological polar surface area (TPSA) is 75.3 Å². The van der Waals surface area contributed by atoms with E-state index < -0.39 is 21.7 Å². The van der Waals surface area contributed by atoms with E-state index in [1.165, 1.54) is 42.5 Å². The molecule has 0 atom stereocenters. The molecule has 0 saturated carbocycles. The van der Waals surface area contributed by atoms with Crippen molar-refractivity contribution < 1.29 is 17.6 Å². The number of carbonyl (C=O) groups is 1. The molecule has 2 rings (SSSR count). The normalized spacial score (nSPS) is 11.5. The van der Waals surface area contributed by atoms with Crippen LogP contribution < -0.4 is 10.0 Å². The summed E-state index contributed by atoms with van der Waals surface area (Å²) in [4.78, 5) is 12.3. The van der Waals surface area contributed by atoms with Gasteiger partial charge in [0.15, 0.2) is 0 Å². The van der Waals surface area contributed by atoms with Crippen LogP contribution in [0.2, 0.25) is 0 Å². The lowest BCUT2D eigenvalue weighted by molar-refractivity contribution is 0.102. The van der Waals surface area contributed by atoms with Gasteiger partial charge in [0.05, 0.1) is 9.37 Å². The van der Waals surface area contributed by atoms with Crippen LogP contribution in [0.1, 0.15) is 24.2 Å². The fraction of sp³-hybridized carbons (Fsp3) is 0.188. The average molecular weight is 415 g/mol. The van der Waals surface area contributed by atoms with Gasteiger partial charge in [-0.1, -0.05) is 6.07 Å². The molecule has 0 aliphatic rings. The fourth-order valence-electron chi connectivity index (χ4n) is 1.96. The van der Waals surface area contributed by atoms with Crippen LogP contribution in [0.4, 0.5) is 10.1 Å². The van der Waals surface area contributed by atoms with Gasteiger partial charge in [0.2, 0.25) is 10.0 Å². The van der Waals surface area contributed by atoms with E-state index in [0.29, 0.717) is 5.69 Å². The van der Waals surface area contributed by atoms with Gasteiger partial charge in [-0.3, -0.25) is 4.79 Å². The number of sulfonamides is 1. The maximum absolute atomic E-state index is 13.2. The Balaban J connectivity index is 2.24. The standard InChI is InChI=1S/C16H16BrFN2O3S/c1-10(2)20-24(22,23)13-5-3-4-11(8-13)16(21)19-12-6-7-15(18)14(17)9-12/h3-10,20H,1-2H3,(H,19,21). The van der Waals surface area contributed by atoms with Crippen molar-refractivity contribution in [3.05, 3.63) is 58.3 Å². The van der Waals surface area contributed by atoms with Gasteiger partial charge in [0.25, 0.3) is 5.91 Å². The summed E-state index contributed by atoms with van der Waals surface area (Å²) >= 11 is 3.04. The van der Waals surface area contributed by atoms with E-state index in [-0.39, 0.29) is 21.0 Å². The third-order valence-corrected chi connectivity index (χ3v) is 5.24. The lowest BCUT2D eigenvalue weighted by atomic mass is 10.2. The summed E-state index contributed by atoms with van der Waals surface area (Å²) in [5.41, 5.74) is 0.573. The molecule has 128 valence electrons. The molecule has 1 amide bonds. The van der Waals surface area contributed by atoms with Crippen molar-refractivity contribution >= 4 is 37.5 Å². The number of carbonyl (C=O) groups excluding carboxylic acids is 1. The Labute approximate surface area is 148 Å². The molecule has 0 aliphatic heterocycles. The fourth-order valence-corrected chi connectivity index (χ4v) is 3.64. The van der Waals surface area contributed by atoms with Crippen molar-refractivity contribution in [3.63, 3.8) is 0 Å². The second kappa shape index (κ2) is 7.42. The quantitative estimate of drug-likeness (QED) is 0.785. The van der Waals surface area contributed by atoms with Crippen molar-refractivity contribution in [2.45, 2.75) is 24.8 Å². The molecule has 0 aliphatic carbocycles. The minimum Gasteiger partial charge on any atom is -0.322 e. The first kappa shape index (κ1) is 18.6. The third-order valence-electron chi connectivity index (χ3n) is 2.97. The number of hydrogen-bond donors (Lipinski definition) is 2. The Hall–Kier alpha value is -1.77.